The molecule has 2 N–H and O–H groups in total. The summed E-state index contributed by atoms with van der Waals surface area (Å²) in [6.07, 6.45) is 2.16. The Balaban J connectivity index is 0.00000320. The third-order valence-corrected chi connectivity index (χ3v) is 5.08. The number of anilines is 2. The highest BCUT2D eigenvalue weighted by molar-refractivity contribution is 9.10. The summed E-state index contributed by atoms with van der Waals surface area (Å²) in [6, 6.07) is 5.43. The van der Waals surface area contributed by atoms with Gasteiger partial charge in [-0.1, -0.05) is 0 Å². The number of carbonyl (C=O) groups is 2. The van der Waals surface area contributed by atoms with Crippen LogP contribution in [0.15, 0.2) is 29.0 Å². The first-order valence-corrected chi connectivity index (χ1v) is 9.87. The summed E-state index contributed by atoms with van der Waals surface area (Å²) in [6.45, 7) is 5.60. The fraction of sp³-hybridized carbons (Fsp3) is 0.316. The molecule has 160 valence electrons. The van der Waals surface area contributed by atoms with E-state index >= 15 is 0 Å². The van der Waals surface area contributed by atoms with E-state index in [1.165, 1.54) is 18.2 Å². The van der Waals surface area contributed by atoms with Crippen molar-refractivity contribution in [2.45, 2.75) is 33.5 Å². The molecule has 0 saturated carbocycles. The van der Waals surface area contributed by atoms with Gasteiger partial charge in [0.15, 0.2) is 22.7 Å². The van der Waals surface area contributed by atoms with Crippen LogP contribution in [0.25, 0.3) is 11.0 Å². The van der Waals surface area contributed by atoms with E-state index in [0.29, 0.717) is 29.7 Å². The summed E-state index contributed by atoms with van der Waals surface area (Å²) < 4.78 is 9.48. The van der Waals surface area contributed by atoms with Crippen molar-refractivity contribution in [2.24, 2.45) is 0 Å². The maximum absolute atomic E-state index is 12.0. The van der Waals surface area contributed by atoms with Crippen molar-refractivity contribution in [3.8, 4) is 0 Å². The highest BCUT2D eigenvalue weighted by Gasteiger charge is 2.27. The Morgan fingerprint density at radius 2 is 2.13 bits per heavy atom. The number of aromatic nitrogens is 4. The van der Waals surface area contributed by atoms with Crippen LogP contribution >= 0.6 is 15.9 Å². The van der Waals surface area contributed by atoms with E-state index in [1.807, 2.05) is 19.9 Å². The number of hydrogen-bond donors (Lipinski definition) is 1. The number of ether oxygens (including phenoxy) is 1. The highest BCUT2D eigenvalue weighted by Crippen LogP contribution is 2.23. The molecule has 0 atom stereocenters. The lowest BCUT2D eigenvalue weighted by Crippen LogP contribution is -3.00. The maximum Gasteiger partial charge on any atom is 0.338 e. The van der Waals surface area contributed by atoms with Crippen LogP contribution < -0.4 is 39.2 Å². The van der Waals surface area contributed by atoms with Crippen LogP contribution in [0.4, 0.5) is 11.6 Å². The lowest BCUT2D eigenvalue weighted by Gasteiger charge is -2.16. The summed E-state index contributed by atoms with van der Waals surface area (Å²) in [5.74, 6) is 0.919. The molecule has 9 nitrogen and oxygen atoms in total. The molecule has 0 aliphatic rings. The van der Waals surface area contributed by atoms with Crippen molar-refractivity contribution in [3.63, 3.8) is 0 Å². The van der Waals surface area contributed by atoms with Crippen LogP contribution in [0.5, 0.6) is 0 Å². The molecule has 11 heteroatoms. The lowest BCUT2D eigenvalue weighted by molar-refractivity contribution is -0.676. The Kier molecular flexibility index (Phi) is 8.12. The summed E-state index contributed by atoms with van der Waals surface area (Å²) in [4.78, 5) is 33.6. The molecule has 0 spiro atoms. The van der Waals surface area contributed by atoms with Gasteiger partial charge in [0.2, 0.25) is 6.41 Å². The van der Waals surface area contributed by atoms with Crippen molar-refractivity contribution < 1.29 is 42.9 Å². The molecule has 0 radical (unpaired) electrons. The third kappa shape index (κ3) is 4.41. The molecule has 1 aromatic carbocycles. The number of hydrogen-bond acceptors (Lipinski definition) is 6. The van der Waals surface area contributed by atoms with Crippen molar-refractivity contribution in [3.05, 3.63) is 40.4 Å². The molecule has 30 heavy (non-hydrogen) atoms. The first-order valence-electron chi connectivity index (χ1n) is 9.08. The number of carbonyl (C=O) groups excluding carboxylic acids is 2. The van der Waals surface area contributed by atoms with Crippen LogP contribution in [0, 0.1) is 0 Å². The highest BCUT2D eigenvalue weighted by atomic mass is 127. The number of benzene rings is 1. The van der Waals surface area contributed by atoms with E-state index in [1.54, 1.807) is 12.1 Å². The zero-order valence-corrected chi connectivity index (χ0v) is 20.5. The lowest BCUT2D eigenvalue weighted by atomic mass is 10.2. The standard InChI is InChI=1S/C19H22BrN6O3.HI/c1-4-25-13-7-6-12(19(28)29-3)8-14(13)26(5-2)16(25)10-24(11-27)18-17(21)22-9-15(20)23-18;/h6-9,11H,4-5,10H2,1-3H3,(H2,21,22);1H/q+1;/p-1. The van der Waals surface area contributed by atoms with Crippen LogP contribution in [0.2, 0.25) is 0 Å². The first-order chi connectivity index (χ1) is 13.9. The van der Waals surface area contributed by atoms with E-state index in [-0.39, 0.29) is 42.2 Å². The van der Waals surface area contributed by atoms with Crippen LogP contribution in [0.3, 0.4) is 0 Å². The normalized spacial score (nSPS) is 10.5. The molecule has 0 bridgehead atoms. The van der Waals surface area contributed by atoms with Gasteiger partial charge in [0.1, 0.15) is 11.1 Å². The quantitative estimate of drug-likeness (QED) is 0.165. The number of esters is 1. The van der Waals surface area contributed by atoms with Crippen LogP contribution in [-0.4, -0.2) is 34.0 Å². The predicted molar refractivity (Wildman–Crippen MR) is 111 cm³/mol. The van der Waals surface area contributed by atoms with E-state index in [0.717, 1.165) is 16.9 Å². The molecule has 0 aliphatic carbocycles. The minimum absolute atomic E-state index is 0. The van der Waals surface area contributed by atoms with E-state index in [4.69, 9.17) is 10.5 Å². The second kappa shape index (κ2) is 10.2. The number of aryl methyl sites for hydroxylation is 2. The van der Waals surface area contributed by atoms with Gasteiger partial charge in [-0.25, -0.2) is 23.9 Å². The number of rotatable bonds is 7. The van der Waals surface area contributed by atoms with Crippen molar-refractivity contribution in [1.82, 2.24) is 14.5 Å². The summed E-state index contributed by atoms with van der Waals surface area (Å²) >= 11 is 3.27. The van der Waals surface area contributed by atoms with Crippen molar-refractivity contribution in [1.29, 1.82) is 0 Å². The predicted octanol–water partition coefficient (Wildman–Crippen LogP) is -0.943. The van der Waals surface area contributed by atoms with Crippen molar-refractivity contribution in [2.75, 3.05) is 17.7 Å². The van der Waals surface area contributed by atoms with Gasteiger partial charge in [-0.05, 0) is 41.9 Å². The minimum Gasteiger partial charge on any atom is -1.00 e. The molecule has 0 fully saturated rings. The summed E-state index contributed by atoms with van der Waals surface area (Å²) in [5, 5.41) is 0. The zero-order chi connectivity index (χ0) is 21.1. The second-order valence-corrected chi connectivity index (χ2v) is 7.05. The minimum atomic E-state index is -0.396. The third-order valence-electron chi connectivity index (χ3n) is 4.70. The Labute approximate surface area is 199 Å². The molecule has 0 unspecified atom stereocenters. The SMILES string of the molecule is CCn1c(CN(C=O)c2nc(Br)cnc2N)[n+](CC)c2ccc(C(=O)OC)cc21.[I-]. The topological polar surface area (TPSA) is 107 Å². The Morgan fingerprint density at radius 1 is 1.40 bits per heavy atom. The van der Waals surface area contributed by atoms with Gasteiger partial charge in [0.05, 0.1) is 32.0 Å². The van der Waals surface area contributed by atoms with Gasteiger partial charge >= 0.3 is 5.97 Å². The van der Waals surface area contributed by atoms with E-state index in [2.05, 4.69) is 35.0 Å². The Hall–Kier alpha value is -2.28. The molecule has 2 heterocycles. The van der Waals surface area contributed by atoms with Crippen LogP contribution in [0.1, 0.15) is 30.0 Å². The van der Waals surface area contributed by atoms with E-state index in [9.17, 15) is 9.59 Å². The monoisotopic (exact) mass is 588 g/mol. The number of nitrogens with two attached hydrogens (primary N) is 1. The van der Waals surface area contributed by atoms with Crippen molar-refractivity contribution >= 4 is 51.0 Å². The molecular formula is C19H22BrIN6O3. The number of fused-ring (bicyclic) bond motifs is 1. The largest absolute Gasteiger partial charge is 1.00 e. The fourth-order valence-electron chi connectivity index (χ4n) is 3.41. The first kappa shape index (κ1) is 24.0. The molecule has 0 aliphatic heterocycles. The van der Waals surface area contributed by atoms with Gasteiger partial charge in [-0.15, -0.1) is 0 Å². The average Bonchev–Trinajstić information content (AvgIpc) is 3.04. The molecule has 0 saturated heterocycles. The smallest absolute Gasteiger partial charge is 0.338 e. The molecule has 3 aromatic rings. The Morgan fingerprint density at radius 3 is 2.73 bits per heavy atom. The average molecular weight is 589 g/mol. The zero-order valence-electron chi connectivity index (χ0n) is 16.8. The van der Waals surface area contributed by atoms with E-state index < -0.39 is 5.97 Å². The number of nitrogen functional groups attached to an aromatic ring is 1. The number of methoxy groups -OCH3 is 1. The number of nitrogens with zero attached hydrogens (tertiary/aromatic N) is 5. The van der Waals surface area contributed by atoms with Gasteiger partial charge in [0, 0.05) is 6.07 Å². The van der Waals surface area contributed by atoms with Gasteiger partial charge in [0.25, 0.3) is 5.82 Å². The molecule has 3 rings (SSSR count). The molecular weight excluding hydrogens is 567 g/mol. The summed E-state index contributed by atoms with van der Waals surface area (Å²) in [7, 11) is 1.36. The number of amides is 1. The van der Waals surface area contributed by atoms with Gasteiger partial charge in [-0.2, -0.15) is 0 Å². The van der Waals surface area contributed by atoms with Gasteiger partial charge in [-0.3, -0.25) is 9.69 Å². The van der Waals surface area contributed by atoms with Gasteiger partial charge < -0.3 is 34.4 Å². The maximum atomic E-state index is 12.0. The Bertz CT molecular complexity index is 1090. The fourth-order valence-corrected chi connectivity index (χ4v) is 3.68. The molecule has 2 aromatic heterocycles. The molecule has 1 amide bonds. The number of imidazole rings is 1. The van der Waals surface area contributed by atoms with Crippen LogP contribution in [-0.2, 0) is 29.2 Å². The summed E-state index contributed by atoms with van der Waals surface area (Å²) in [5.41, 5.74) is 8.25. The number of halogens is 2. The second-order valence-electron chi connectivity index (χ2n) is 6.23.